The molecule has 0 radical (unpaired) electrons. The lowest BCUT2D eigenvalue weighted by atomic mass is 10.1. The van der Waals surface area contributed by atoms with E-state index < -0.39 is 25.8 Å². The van der Waals surface area contributed by atoms with Crippen LogP contribution in [0.25, 0.3) is 0 Å². The molecule has 1 aliphatic rings. The van der Waals surface area contributed by atoms with Crippen LogP contribution < -0.4 is 10.5 Å². The number of primary sulfonamides is 1. The van der Waals surface area contributed by atoms with E-state index in [4.69, 9.17) is 5.14 Å². The molecule has 1 aromatic rings. The molecular formula is C10H14N2O5S3. The molecule has 0 aromatic carbocycles. The number of sulfonamides is 1. The Hall–Kier alpha value is -0.970. The molecule has 1 aliphatic heterocycles. The molecule has 0 spiro atoms. The van der Waals surface area contributed by atoms with Gasteiger partial charge in [0.2, 0.25) is 15.9 Å². The first-order valence-electron chi connectivity index (χ1n) is 5.77. The van der Waals surface area contributed by atoms with Gasteiger partial charge < -0.3 is 5.32 Å². The highest BCUT2D eigenvalue weighted by Crippen LogP contribution is 2.21. The van der Waals surface area contributed by atoms with Gasteiger partial charge in [-0.3, -0.25) is 4.79 Å². The van der Waals surface area contributed by atoms with Gasteiger partial charge in [0.25, 0.3) is 0 Å². The van der Waals surface area contributed by atoms with Crippen LogP contribution in [0.15, 0.2) is 16.3 Å². The van der Waals surface area contributed by atoms with Gasteiger partial charge in [-0.15, -0.1) is 11.3 Å². The second kappa shape index (κ2) is 5.43. The molecule has 0 bridgehead atoms. The third-order valence-corrected chi connectivity index (χ3v) is 7.25. The van der Waals surface area contributed by atoms with E-state index in [1.54, 1.807) is 6.07 Å². The highest BCUT2D eigenvalue weighted by Gasteiger charge is 2.32. The molecule has 112 valence electrons. The number of rotatable bonds is 4. The minimum atomic E-state index is -3.73. The number of nitrogens with two attached hydrogens (primary N) is 1. The lowest BCUT2D eigenvalue weighted by molar-refractivity contribution is -0.124. The number of nitrogens with one attached hydrogen (secondary N) is 1. The fourth-order valence-electron chi connectivity index (χ4n) is 1.93. The first kappa shape index (κ1) is 15.4. The van der Waals surface area contributed by atoms with Gasteiger partial charge in [0.15, 0.2) is 9.84 Å². The predicted octanol–water partition coefficient (Wildman–Crippen LogP) is -0.554. The van der Waals surface area contributed by atoms with Crippen molar-refractivity contribution in [1.82, 2.24) is 5.32 Å². The Balaban J connectivity index is 1.93. The molecule has 1 fully saturated rings. The van der Waals surface area contributed by atoms with Crippen molar-refractivity contribution in [1.29, 1.82) is 0 Å². The Morgan fingerprint density at radius 3 is 2.65 bits per heavy atom. The van der Waals surface area contributed by atoms with Gasteiger partial charge in [-0.2, -0.15) is 0 Å². The fraction of sp³-hybridized carbons (Fsp3) is 0.500. The van der Waals surface area contributed by atoms with Crippen LogP contribution in [0.2, 0.25) is 0 Å². The minimum Gasteiger partial charge on any atom is -0.351 e. The van der Waals surface area contributed by atoms with Crippen molar-refractivity contribution in [2.24, 2.45) is 11.1 Å². The summed E-state index contributed by atoms with van der Waals surface area (Å²) in [5.74, 6) is -0.917. The minimum absolute atomic E-state index is 0.0326. The molecule has 1 amide bonds. The summed E-state index contributed by atoms with van der Waals surface area (Å²) < 4.78 is 44.8. The van der Waals surface area contributed by atoms with Crippen LogP contribution in [0.1, 0.15) is 11.3 Å². The lowest BCUT2D eigenvalue weighted by Gasteiger charge is -2.08. The normalized spacial score (nSPS) is 21.8. The summed E-state index contributed by atoms with van der Waals surface area (Å²) in [5.41, 5.74) is 0. The van der Waals surface area contributed by atoms with E-state index in [0.717, 1.165) is 11.3 Å². The van der Waals surface area contributed by atoms with Gasteiger partial charge in [-0.1, -0.05) is 0 Å². The van der Waals surface area contributed by atoms with Gasteiger partial charge in [0.05, 0.1) is 24.0 Å². The van der Waals surface area contributed by atoms with Gasteiger partial charge in [0.1, 0.15) is 4.21 Å². The summed E-state index contributed by atoms with van der Waals surface area (Å²) in [6.45, 7) is 0.162. The van der Waals surface area contributed by atoms with E-state index >= 15 is 0 Å². The standard InChI is InChI=1S/C10H14N2O5S3/c11-20(16,17)9-2-1-8(18-9)5-12-10(13)7-3-4-19(14,15)6-7/h1-2,7H,3-6H2,(H,12,13)(H2,11,16,17). The third-order valence-electron chi connectivity index (χ3n) is 2.96. The maximum absolute atomic E-state index is 11.8. The van der Waals surface area contributed by atoms with E-state index in [9.17, 15) is 21.6 Å². The van der Waals surface area contributed by atoms with E-state index in [0.29, 0.717) is 11.3 Å². The highest BCUT2D eigenvalue weighted by atomic mass is 32.2. The summed E-state index contributed by atoms with van der Waals surface area (Å²) in [4.78, 5) is 12.4. The molecule has 1 unspecified atom stereocenters. The van der Waals surface area contributed by atoms with Gasteiger partial charge >= 0.3 is 0 Å². The molecule has 1 aromatic heterocycles. The number of amides is 1. The Kier molecular flexibility index (Phi) is 4.19. The lowest BCUT2D eigenvalue weighted by Crippen LogP contribution is -2.30. The van der Waals surface area contributed by atoms with Crippen LogP contribution in [0.4, 0.5) is 0 Å². The Labute approximate surface area is 121 Å². The number of carbonyl (C=O) groups excluding carboxylic acids is 1. The van der Waals surface area contributed by atoms with Crippen molar-refractivity contribution in [2.75, 3.05) is 11.5 Å². The largest absolute Gasteiger partial charge is 0.351 e. The second-order valence-corrected chi connectivity index (χ2v) is 9.77. The Morgan fingerprint density at radius 2 is 2.15 bits per heavy atom. The number of sulfone groups is 1. The molecular weight excluding hydrogens is 324 g/mol. The molecule has 0 aliphatic carbocycles. The maximum atomic E-state index is 11.8. The van der Waals surface area contributed by atoms with Crippen LogP contribution >= 0.6 is 11.3 Å². The van der Waals surface area contributed by atoms with E-state index in [2.05, 4.69) is 5.32 Å². The predicted molar refractivity (Wildman–Crippen MR) is 74.3 cm³/mol. The van der Waals surface area contributed by atoms with Crippen LogP contribution in [0.3, 0.4) is 0 Å². The summed E-state index contributed by atoms with van der Waals surface area (Å²) in [6.07, 6.45) is 0.334. The van der Waals surface area contributed by atoms with Gasteiger partial charge in [0, 0.05) is 4.88 Å². The first-order chi connectivity index (χ1) is 9.17. The van der Waals surface area contributed by atoms with E-state index in [1.807, 2.05) is 0 Å². The summed E-state index contributed by atoms with van der Waals surface area (Å²) in [5, 5.41) is 7.60. The first-order valence-corrected chi connectivity index (χ1v) is 9.95. The molecule has 20 heavy (non-hydrogen) atoms. The molecule has 10 heteroatoms. The van der Waals surface area contributed by atoms with Crippen molar-refractivity contribution in [3.63, 3.8) is 0 Å². The summed E-state index contributed by atoms with van der Waals surface area (Å²) in [7, 11) is -6.82. The van der Waals surface area contributed by atoms with Crippen molar-refractivity contribution in [2.45, 2.75) is 17.2 Å². The SMILES string of the molecule is NS(=O)(=O)c1ccc(CNC(=O)C2CCS(=O)(=O)C2)s1. The zero-order chi connectivity index (χ0) is 15.0. The number of thiophene rings is 1. The Bertz CT molecular complexity index is 720. The molecule has 1 saturated heterocycles. The van der Waals surface area contributed by atoms with Crippen molar-refractivity contribution >= 4 is 37.1 Å². The van der Waals surface area contributed by atoms with E-state index in [-0.39, 0.29) is 28.2 Å². The highest BCUT2D eigenvalue weighted by molar-refractivity contribution is 7.91. The van der Waals surface area contributed by atoms with Crippen molar-refractivity contribution in [3.05, 3.63) is 17.0 Å². The zero-order valence-corrected chi connectivity index (χ0v) is 12.9. The molecule has 2 heterocycles. The zero-order valence-electron chi connectivity index (χ0n) is 10.4. The molecule has 1 atom stereocenters. The number of hydrogen-bond acceptors (Lipinski definition) is 6. The molecule has 0 saturated carbocycles. The molecule has 3 N–H and O–H groups in total. The fourth-order valence-corrected chi connectivity index (χ4v) is 5.39. The van der Waals surface area contributed by atoms with Gasteiger partial charge in [-0.25, -0.2) is 22.0 Å². The van der Waals surface area contributed by atoms with Crippen LogP contribution in [-0.4, -0.2) is 34.2 Å². The quantitative estimate of drug-likeness (QED) is 0.762. The van der Waals surface area contributed by atoms with Crippen LogP contribution in [-0.2, 0) is 31.2 Å². The van der Waals surface area contributed by atoms with E-state index in [1.165, 1.54) is 6.07 Å². The second-order valence-electron chi connectivity index (χ2n) is 4.58. The molecule has 7 nitrogen and oxygen atoms in total. The Morgan fingerprint density at radius 1 is 1.45 bits per heavy atom. The van der Waals surface area contributed by atoms with Crippen LogP contribution in [0.5, 0.6) is 0 Å². The van der Waals surface area contributed by atoms with Crippen molar-refractivity contribution in [3.8, 4) is 0 Å². The average Bonchev–Trinajstić information content (AvgIpc) is 2.91. The van der Waals surface area contributed by atoms with Gasteiger partial charge in [-0.05, 0) is 18.6 Å². The summed E-state index contributed by atoms with van der Waals surface area (Å²) >= 11 is 0.978. The average molecular weight is 338 g/mol. The van der Waals surface area contributed by atoms with Crippen molar-refractivity contribution < 1.29 is 21.6 Å². The smallest absolute Gasteiger partial charge is 0.247 e. The maximum Gasteiger partial charge on any atom is 0.247 e. The summed E-state index contributed by atoms with van der Waals surface area (Å²) in [6, 6.07) is 2.94. The topological polar surface area (TPSA) is 123 Å². The van der Waals surface area contributed by atoms with Crippen LogP contribution in [0, 0.1) is 5.92 Å². The third kappa shape index (κ3) is 3.78. The number of hydrogen-bond donors (Lipinski definition) is 2. The number of carbonyl (C=O) groups is 1. The molecule has 2 rings (SSSR count). The monoisotopic (exact) mass is 338 g/mol.